The Balaban J connectivity index is 3.66. The highest BCUT2D eigenvalue weighted by atomic mass is 32.2. The molecule has 0 bridgehead atoms. The van der Waals surface area contributed by atoms with Crippen molar-refractivity contribution in [3.05, 3.63) is 20.8 Å². The molecule has 0 spiro atoms. The van der Waals surface area contributed by atoms with Crippen LogP contribution in [0.5, 0.6) is 0 Å². The monoisotopic (exact) mass is 359 g/mol. The van der Waals surface area contributed by atoms with Crippen molar-refractivity contribution < 1.29 is 4.79 Å². The predicted molar refractivity (Wildman–Crippen MR) is 96.6 cm³/mol. The first-order valence-electron chi connectivity index (χ1n) is 6.64. The molecule has 0 aliphatic carbocycles. The minimum atomic E-state index is -0.531. The molecule has 0 fully saturated rings. The lowest BCUT2D eigenvalue weighted by Gasteiger charge is -2.28. The van der Waals surface area contributed by atoms with E-state index in [1.807, 2.05) is 0 Å². The maximum atomic E-state index is 12.5. The van der Waals surface area contributed by atoms with Gasteiger partial charge in [0.25, 0.3) is 10.8 Å². The Morgan fingerprint density at radius 1 is 1.00 bits per heavy atom. The second kappa shape index (κ2) is 7.18. The topological polar surface area (TPSA) is 70.8 Å². The van der Waals surface area contributed by atoms with Crippen molar-refractivity contribution in [2.45, 2.75) is 4.90 Å². The van der Waals surface area contributed by atoms with Crippen LogP contribution >= 0.6 is 24.0 Å². The molecular formula is C13H21N5O3S2. The van der Waals surface area contributed by atoms with Crippen LogP contribution in [0.25, 0.3) is 0 Å². The molecule has 0 saturated carbocycles. The summed E-state index contributed by atoms with van der Waals surface area (Å²) in [5.74, 6) is 0.289. The molecule has 0 aromatic carbocycles. The average Bonchev–Trinajstić information content (AvgIpc) is 2.48. The van der Waals surface area contributed by atoms with E-state index >= 15 is 0 Å². The van der Waals surface area contributed by atoms with Crippen molar-refractivity contribution >= 4 is 40.1 Å². The Morgan fingerprint density at radius 2 is 1.52 bits per heavy atom. The number of carbonyl (C=O) groups excluding carboxylic acids is 1. The van der Waals surface area contributed by atoms with E-state index in [-0.39, 0.29) is 16.0 Å². The van der Waals surface area contributed by atoms with E-state index in [1.54, 1.807) is 45.0 Å². The van der Waals surface area contributed by atoms with Gasteiger partial charge in [-0.25, -0.2) is 4.79 Å². The number of hydrogen-bond acceptors (Lipinski definition) is 5. The van der Waals surface area contributed by atoms with E-state index in [4.69, 9.17) is 12.2 Å². The zero-order valence-corrected chi connectivity index (χ0v) is 15.9. The van der Waals surface area contributed by atoms with Crippen LogP contribution in [0.1, 0.15) is 0 Å². The van der Waals surface area contributed by atoms with Gasteiger partial charge in [-0.3, -0.25) is 18.7 Å². The molecule has 0 aliphatic rings. The van der Waals surface area contributed by atoms with Gasteiger partial charge in [0.2, 0.25) is 0 Å². The van der Waals surface area contributed by atoms with E-state index in [2.05, 4.69) is 0 Å². The molecular weight excluding hydrogens is 338 g/mol. The van der Waals surface area contributed by atoms with E-state index in [0.29, 0.717) is 5.11 Å². The van der Waals surface area contributed by atoms with Gasteiger partial charge in [-0.15, -0.1) is 0 Å². The number of aromatic nitrogens is 2. The smallest absolute Gasteiger partial charge is 0.332 e. The SMILES string of the molecule is CN(C)C(=O)Sc1c(N(C)C(=S)N(C)C)n(C)c(=O)n(C)c1=O. The normalized spacial score (nSPS) is 10.4. The van der Waals surface area contributed by atoms with E-state index < -0.39 is 11.2 Å². The molecule has 0 unspecified atom stereocenters. The lowest BCUT2D eigenvalue weighted by atomic mass is 10.5. The van der Waals surface area contributed by atoms with Crippen molar-refractivity contribution in [1.82, 2.24) is 18.9 Å². The highest BCUT2D eigenvalue weighted by Crippen LogP contribution is 2.27. The first-order valence-corrected chi connectivity index (χ1v) is 7.87. The first kappa shape index (κ1) is 19.2. The molecule has 0 radical (unpaired) electrons. The molecule has 0 aliphatic heterocycles. The van der Waals surface area contributed by atoms with Crippen molar-refractivity contribution in [2.75, 3.05) is 40.1 Å². The van der Waals surface area contributed by atoms with Crippen LogP contribution in [0.3, 0.4) is 0 Å². The minimum Gasteiger partial charge on any atom is -0.355 e. The fourth-order valence-corrected chi connectivity index (χ4v) is 2.87. The molecule has 1 heterocycles. The highest BCUT2D eigenvalue weighted by molar-refractivity contribution is 8.13. The number of nitrogens with zero attached hydrogens (tertiary/aromatic N) is 5. The van der Waals surface area contributed by atoms with Crippen molar-refractivity contribution in [3.63, 3.8) is 0 Å². The number of amides is 1. The van der Waals surface area contributed by atoms with Crippen LogP contribution in [0.4, 0.5) is 10.6 Å². The molecule has 1 amide bonds. The summed E-state index contributed by atoms with van der Waals surface area (Å²) >= 11 is 6.08. The van der Waals surface area contributed by atoms with Crippen LogP contribution < -0.4 is 16.1 Å². The molecule has 23 heavy (non-hydrogen) atoms. The number of anilines is 1. The zero-order valence-electron chi connectivity index (χ0n) is 14.3. The first-order chi connectivity index (χ1) is 10.5. The van der Waals surface area contributed by atoms with Crippen molar-refractivity contribution in [1.29, 1.82) is 0 Å². The van der Waals surface area contributed by atoms with Gasteiger partial charge in [-0.1, -0.05) is 0 Å². The van der Waals surface area contributed by atoms with Crippen LogP contribution in [0.15, 0.2) is 14.5 Å². The molecule has 1 aromatic heterocycles. The summed E-state index contributed by atoms with van der Waals surface area (Å²) in [6, 6.07) is 0. The third-order valence-electron chi connectivity index (χ3n) is 3.14. The minimum absolute atomic E-state index is 0.153. The Bertz CT molecular complexity index is 751. The van der Waals surface area contributed by atoms with Crippen molar-refractivity contribution in [3.8, 4) is 0 Å². The summed E-state index contributed by atoms with van der Waals surface area (Å²) in [5, 5.41) is 0.0959. The molecule has 128 valence electrons. The van der Waals surface area contributed by atoms with Gasteiger partial charge in [0.1, 0.15) is 10.7 Å². The maximum absolute atomic E-state index is 12.5. The van der Waals surface area contributed by atoms with Crippen LogP contribution in [0.2, 0.25) is 0 Å². The summed E-state index contributed by atoms with van der Waals surface area (Å²) in [4.78, 5) is 41.5. The molecule has 0 saturated heterocycles. The third kappa shape index (κ3) is 3.75. The Hall–Kier alpha value is -1.81. The van der Waals surface area contributed by atoms with E-state index in [1.165, 1.54) is 23.6 Å². The Kier molecular flexibility index (Phi) is 6.00. The van der Waals surface area contributed by atoms with Crippen LogP contribution in [0, 0.1) is 0 Å². The lowest BCUT2D eigenvalue weighted by Crippen LogP contribution is -2.45. The van der Waals surface area contributed by atoms with Gasteiger partial charge in [-0.05, 0) is 24.0 Å². The van der Waals surface area contributed by atoms with Gasteiger partial charge in [0, 0.05) is 49.3 Å². The molecule has 1 rings (SSSR count). The second-order valence-corrected chi connectivity index (χ2v) is 6.68. The fourth-order valence-electron chi connectivity index (χ4n) is 1.84. The van der Waals surface area contributed by atoms with Gasteiger partial charge in [-0.2, -0.15) is 0 Å². The second-order valence-electron chi connectivity index (χ2n) is 5.36. The lowest BCUT2D eigenvalue weighted by molar-refractivity contribution is 0.241. The zero-order chi connectivity index (χ0) is 18.1. The number of rotatable bonds is 2. The summed E-state index contributed by atoms with van der Waals surface area (Å²) in [6.07, 6.45) is 0. The molecule has 1 aromatic rings. The quantitative estimate of drug-likeness (QED) is 0.549. The fraction of sp³-hybridized carbons (Fsp3) is 0.538. The van der Waals surface area contributed by atoms with Crippen LogP contribution in [-0.4, -0.2) is 64.5 Å². The average molecular weight is 359 g/mol. The summed E-state index contributed by atoms with van der Waals surface area (Å²) in [7, 11) is 11.3. The van der Waals surface area contributed by atoms with Gasteiger partial charge < -0.3 is 14.7 Å². The number of thiocarbonyl (C=S) groups is 1. The predicted octanol–water partition coefficient (Wildman–Crippen LogP) is 0.140. The summed E-state index contributed by atoms with van der Waals surface area (Å²) < 4.78 is 2.28. The number of carbonyl (C=O) groups is 1. The number of hydrogen-bond donors (Lipinski definition) is 0. The maximum Gasteiger partial charge on any atom is 0.332 e. The Labute approximate surface area is 144 Å². The van der Waals surface area contributed by atoms with Gasteiger partial charge >= 0.3 is 5.69 Å². The standard InChI is InChI=1S/C13H21N5O3S2/c1-14(2)12(22)17(6)9-8(23-13(21)15(3)4)10(19)18(7)11(20)16(9)5/h1-7H3. The molecule has 0 atom stereocenters. The van der Waals surface area contributed by atoms with E-state index in [0.717, 1.165) is 16.3 Å². The highest BCUT2D eigenvalue weighted by Gasteiger charge is 2.24. The largest absolute Gasteiger partial charge is 0.355 e. The molecule has 10 heteroatoms. The Morgan fingerprint density at radius 3 is 1.96 bits per heavy atom. The molecule has 0 N–H and O–H groups in total. The summed E-state index contributed by atoms with van der Waals surface area (Å²) in [6.45, 7) is 0. The van der Waals surface area contributed by atoms with Gasteiger partial charge in [0.15, 0.2) is 5.11 Å². The van der Waals surface area contributed by atoms with E-state index in [9.17, 15) is 14.4 Å². The van der Waals surface area contributed by atoms with Crippen LogP contribution in [-0.2, 0) is 14.1 Å². The number of thioether (sulfide) groups is 1. The summed E-state index contributed by atoms with van der Waals surface area (Å²) in [5.41, 5.74) is -1.02. The molecule has 8 nitrogen and oxygen atoms in total. The van der Waals surface area contributed by atoms with Gasteiger partial charge in [0.05, 0.1) is 0 Å². The van der Waals surface area contributed by atoms with Crippen molar-refractivity contribution in [2.24, 2.45) is 14.1 Å². The third-order valence-corrected chi connectivity index (χ3v) is 4.88.